The van der Waals surface area contributed by atoms with Crippen LogP contribution in [-0.2, 0) is 25.8 Å². The SMILES string of the molecule is CCc1cccc(CC)c1-n1nc2c(c1-c1ccc(C#N)c3[nH]ccc13)CN(c1ncc(C)cn1)CC2. The molecule has 7 heteroatoms. The topological polar surface area (TPSA) is 86.4 Å². The van der Waals surface area contributed by atoms with E-state index in [-0.39, 0.29) is 0 Å². The molecule has 0 fully saturated rings. The number of anilines is 1. The Morgan fingerprint density at radius 2 is 1.78 bits per heavy atom. The van der Waals surface area contributed by atoms with Crippen molar-refractivity contribution in [2.75, 3.05) is 11.4 Å². The van der Waals surface area contributed by atoms with Gasteiger partial charge in [-0.25, -0.2) is 14.6 Å². The van der Waals surface area contributed by atoms with Gasteiger partial charge in [0.15, 0.2) is 0 Å². The van der Waals surface area contributed by atoms with E-state index in [4.69, 9.17) is 5.10 Å². The second-order valence-electron chi connectivity index (χ2n) is 9.59. The van der Waals surface area contributed by atoms with Crippen LogP contribution in [0.4, 0.5) is 5.95 Å². The molecular formula is C30H29N7. The zero-order valence-electron chi connectivity index (χ0n) is 21.4. The second kappa shape index (κ2) is 9.21. The summed E-state index contributed by atoms with van der Waals surface area (Å²) in [6.45, 7) is 7.89. The highest BCUT2D eigenvalue weighted by atomic mass is 15.3. The number of H-pyrrole nitrogens is 1. The van der Waals surface area contributed by atoms with Crippen molar-refractivity contribution >= 4 is 16.9 Å². The summed E-state index contributed by atoms with van der Waals surface area (Å²) in [4.78, 5) is 14.7. The van der Waals surface area contributed by atoms with Gasteiger partial charge in [0.05, 0.1) is 28.2 Å². The lowest BCUT2D eigenvalue weighted by Gasteiger charge is -2.27. The van der Waals surface area contributed by atoms with Crippen LogP contribution >= 0.6 is 0 Å². The fourth-order valence-electron chi connectivity index (χ4n) is 5.47. The number of hydrogen-bond donors (Lipinski definition) is 1. The van der Waals surface area contributed by atoms with E-state index < -0.39 is 0 Å². The highest BCUT2D eigenvalue weighted by Gasteiger charge is 2.29. The van der Waals surface area contributed by atoms with Gasteiger partial charge in [-0.3, -0.25) is 0 Å². The summed E-state index contributed by atoms with van der Waals surface area (Å²) in [5.41, 5.74) is 10.7. The highest BCUT2D eigenvalue weighted by molar-refractivity contribution is 5.98. The number of hydrogen-bond acceptors (Lipinski definition) is 5. The average Bonchev–Trinajstić information content (AvgIpc) is 3.57. The van der Waals surface area contributed by atoms with Crippen LogP contribution in [0, 0.1) is 18.3 Å². The van der Waals surface area contributed by atoms with E-state index in [2.05, 4.69) is 74.8 Å². The lowest BCUT2D eigenvalue weighted by molar-refractivity contribution is 0.694. The third-order valence-corrected chi connectivity index (χ3v) is 7.36. The first kappa shape index (κ1) is 23.0. The lowest BCUT2D eigenvalue weighted by Crippen LogP contribution is -2.31. The van der Waals surface area contributed by atoms with Crippen molar-refractivity contribution < 1.29 is 0 Å². The summed E-state index contributed by atoms with van der Waals surface area (Å²) in [6, 6.07) is 14.9. The van der Waals surface area contributed by atoms with E-state index in [0.29, 0.717) is 12.1 Å². The van der Waals surface area contributed by atoms with Crippen LogP contribution in [0.25, 0.3) is 27.8 Å². The summed E-state index contributed by atoms with van der Waals surface area (Å²) in [5, 5.41) is 16.0. The monoisotopic (exact) mass is 487 g/mol. The third-order valence-electron chi connectivity index (χ3n) is 7.36. The Hall–Kier alpha value is -4.44. The van der Waals surface area contributed by atoms with Gasteiger partial charge in [0.1, 0.15) is 6.07 Å². The van der Waals surface area contributed by atoms with E-state index in [1.807, 2.05) is 31.6 Å². The predicted octanol–water partition coefficient (Wildman–Crippen LogP) is 5.68. The van der Waals surface area contributed by atoms with Crippen molar-refractivity contribution in [2.24, 2.45) is 0 Å². The molecule has 0 unspecified atom stereocenters. The molecular weight excluding hydrogens is 458 g/mol. The van der Waals surface area contributed by atoms with Gasteiger partial charge in [0.25, 0.3) is 0 Å². The summed E-state index contributed by atoms with van der Waals surface area (Å²) in [5.74, 6) is 0.741. The van der Waals surface area contributed by atoms with Crippen LogP contribution in [-0.4, -0.2) is 31.3 Å². The lowest BCUT2D eigenvalue weighted by atomic mass is 9.96. The summed E-state index contributed by atoms with van der Waals surface area (Å²) >= 11 is 0. The van der Waals surface area contributed by atoms with Gasteiger partial charge in [0, 0.05) is 54.6 Å². The van der Waals surface area contributed by atoms with E-state index >= 15 is 0 Å². The Balaban J connectivity index is 1.62. The largest absolute Gasteiger partial charge is 0.360 e. The number of para-hydroxylation sites is 1. The quantitative estimate of drug-likeness (QED) is 0.345. The number of aromatic amines is 1. The van der Waals surface area contributed by atoms with Crippen molar-refractivity contribution in [3.05, 3.63) is 88.5 Å². The maximum atomic E-state index is 9.71. The van der Waals surface area contributed by atoms with Gasteiger partial charge in [-0.1, -0.05) is 38.1 Å². The van der Waals surface area contributed by atoms with E-state index in [9.17, 15) is 5.26 Å². The number of benzene rings is 2. The number of nitriles is 1. The summed E-state index contributed by atoms with van der Waals surface area (Å²) in [7, 11) is 0. The maximum absolute atomic E-state index is 9.71. The Bertz CT molecular complexity index is 1630. The maximum Gasteiger partial charge on any atom is 0.225 e. The Labute approximate surface area is 216 Å². The summed E-state index contributed by atoms with van der Waals surface area (Å²) in [6.07, 6.45) is 8.31. The van der Waals surface area contributed by atoms with Crippen LogP contribution < -0.4 is 4.90 Å². The minimum atomic E-state index is 0.640. The number of fused-ring (bicyclic) bond motifs is 2. The fourth-order valence-corrected chi connectivity index (χ4v) is 5.47. The predicted molar refractivity (Wildman–Crippen MR) is 146 cm³/mol. The van der Waals surface area contributed by atoms with Crippen LogP contribution in [0.1, 0.15) is 47.4 Å². The second-order valence-corrected chi connectivity index (χ2v) is 9.59. The van der Waals surface area contributed by atoms with Crippen molar-refractivity contribution in [2.45, 2.75) is 46.6 Å². The molecule has 0 aliphatic carbocycles. The normalized spacial score (nSPS) is 13.1. The smallest absolute Gasteiger partial charge is 0.225 e. The number of nitrogens with one attached hydrogen (secondary N) is 1. The van der Waals surface area contributed by atoms with E-state index in [1.54, 1.807) is 0 Å². The average molecular weight is 488 g/mol. The Morgan fingerprint density at radius 3 is 2.49 bits per heavy atom. The minimum absolute atomic E-state index is 0.640. The van der Waals surface area contributed by atoms with Gasteiger partial charge < -0.3 is 9.88 Å². The molecule has 184 valence electrons. The molecule has 0 atom stereocenters. The van der Waals surface area contributed by atoms with Crippen LogP contribution in [0.3, 0.4) is 0 Å². The zero-order chi connectivity index (χ0) is 25.5. The van der Waals surface area contributed by atoms with Gasteiger partial charge in [-0.2, -0.15) is 10.4 Å². The molecule has 3 aromatic heterocycles. The molecule has 2 aromatic carbocycles. The molecule has 1 N–H and O–H groups in total. The molecule has 1 aliphatic rings. The number of aryl methyl sites for hydroxylation is 3. The molecule has 0 amide bonds. The van der Waals surface area contributed by atoms with Gasteiger partial charge >= 0.3 is 0 Å². The van der Waals surface area contributed by atoms with E-state index in [1.165, 1.54) is 22.4 Å². The minimum Gasteiger partial charge on any atom is -0.360 e. The molecule has 7 nitrogen and oxygen atoms in total. The molecule has 4 heterocycles. The van der Waals surface area contributed by atoms with Crippen molar-refractivity contribution in [3.63, 3.8) is 0 Å². The van der Waals surface area contributed by atoms with Gasteiger partial charge in [0.2, 0.25) is 5.95 Å². The molecule has 0 radical (unpaired) electrons. The van der Waals surface area contributed by atoms with Crippen LogP contribution in [0.2, 0.25) is 0 Å². The number of nitrogens with zero attached hydrogens (tertiary/aromatic N) is 6. The summed E-state index contributed by atoms with van der Waals surface area (Å²) < 4.78 is 2.18. The number of aromatic nitrogens is 5. The first-order valence-electron chi connectivity index (χ1n) is 12.9. The molecule has 0 saturated carbocycles. The molecule has 1 aliphatic heterocycles. The van der Waals surface area contributed by atoms with Crippen molar-refractivity contribution in [1.29, 1.82) is 5.26 Å². The molecule has 6 rings (SSSR count). The molecule has 0 spiro atoms. The van der Waals surface area contributed by atoms with Gasteiger partial charge in [-0.15, -0.1) is 0 Å². The third kappa shape index (κ3) is 3.77. The van der Waals surface area contributed by atoms with Gasteiger partial charge in [-0.05, 0) is 48.6 Å². The molecule has 37 heavy (non-hydrogen) atoms. The molecule has 0 saturated heterocycles. The zero-order valence-corrected chi connectivity index (χ0v) is 21.4. The first-order valence-corrected chi connectivity index (χ1v) is 12.9. The van der Waals surface area contributed by atoms with Crippen molar-refractivity contribution in [3.8, 4) is 23.0 Å². The van der Waals surface area contributed by atoms with Crippen molar-refractivity contribution in [1.82, 2.24) is 24.7 Å². The number of rotatable bonds is 5. The van der Waals surface area contributed by atoms with Crippen LogP contribution in [0.15, 0.2) is 55.0 Å². The molecule has 5 aromatic rings. The standard InChI is InChI=1S/C30H29N7/c1-4-20-7-6-8-21(5-2)28(20)37-29(24-10-9-22(15-31)27-23(24)11-13-32-27)25-18-36(14-12-26(25)35-37)30-33-16-19(3)17-34-30/h6-11,13,16-17,32H,4-5,12,14,18H2,1-3H3. The van der Waals surface area contributed by atoms with Crippen LogP contribution in [0.5, 0.6) is 0 Å². The molecule has 0 bridgehead atoms. The first-order chi connectivity index (χ1) is 18.1. The Morgan fingerprint density at radius 1 is 1.03 bits per heavy atom. The highest BCUT2D eigenvalue weighted by Crippen LogP contribution is 2.39. The Kier molecular flexibility index (Phi) is 5.72. The van der Waals surface area contributed by atoms with E-state index in [0.717, 1.165) is 65.2 Å². The fraction of sp³-hybridized carbons (Fsp3) is 0.267.